The molecule has 158 valence electrons. The van der Waals surface area contributed by atoms with Crippen LogP contribution in [0.2, 0.25) is 10.0 Å². The molecule has 0 unspecified atom stereocenters. The highest BCUT2D eigenvalue weighted by molar-refractivity contribution is 7.89. The Hall–Kier alpha value is -1.64. The smallest absolute Gasteiger partial charge is 0.244 e. The zero-order valence-electron chi connectivity index (χ0n) is 16.6. The highest BCUT2D eigenvalue weighted by Crippen LogP contribution is 2.33. The third-order valence-corrected chi connectivity index (χ3v) is 9.19. The number of hydrogen-bond acceptors (Lipinski definition) is 5. The van der Waals surface area contributed by atoms with Crippen molar-refractivity contribution in [2.75, 3.05) is 31.1 Å². The van der Waals surface area contributed by atoms with E-state index in [2.05, 4.69) is 36.3 Å². The highest BCUT2D eigenvalue weighted by Gasteiger charge is 2.31. The quantitative estimate of drug-likeness (QED) is 0.510. The van der Waals surface area contributed by atoms with Gasteiger partial charge in [-0.25, -0.2) is 13.4 Å². The molecule has 0 saturated carbocycles. The molecule has 0 spiro atoms. The fraction of sp³-hybridized carbons (Fsp3) is 0.286. The van der Waals surface area contributed by atoms with Gasteiger partial charge in [0, 0.05) is 37.1 Å². The van der Waals surface area contributed by atoms with E-state index in [-0.39, 0.29) is 14.9 Å². The molecule has 5 nitrogen and oxygen atoms in total. The largest absolute Gasteiger partial charge is 0.345 e. The first-order valence-corrected chi connectivity index (χ1v) is 12.6. The minimum Gasteiger partial charge on any atom is -0.345 e. The Morgan fingerprint density at radius 3 is 2.43 bits per heavy atom. The molecule has 0 bridgehead atoms. The summed E-state index contributed by atoms with van der Waals surface area (Å²) in [6.45, 7) is 6.06. The number of benzene rings is 2. The van der Waals surface area contributed by atoms with Crippen LogP contribution < -0.4 is 4.90 Å². The first-order chi connectivity index (χ1) is 14.3. The molecule has 1 fully saturated rings. The summed E-state index contributed by atoms with van der Waals surface area (Å²) in [5.74, 6) is 0. The summed E-state index contributed by atoms with van der Waals surface area (Å²) in [5.41, 5.74) is 4.55. The Morgan fingerprint density at radius 1 is 1.00 bits per heavy atom. The number of piperazine rings is 1. The van der Waals surface area contributed by atoms with Gasteiger partial charge in [-0.15, -0.1) is 11.3 Å². The molecule has 1 aliphatic rings. The van der Waals surface area contributed by atoms with Gasteiger partial charge < -0.3 is 4.90 Å². The molecular formula is C21H21Cl2N3O2S2. The van der Waals surface area contributed by atoms with Crippen molar-refractivity contribution in [3.63, 3.8) is 0 Å². The average molecular weight is 482 g/mol. The normalized spacial score (nSPS) is 15.5. The Kier molecular flexibility index (Phi) is 6.10. The molecule has 1 aromatic heterocycles. The number of nitrogens with zero attached hydrogens (tertiary/aromatic N) is 3. The molecule has 4 rings (SSSR count). The lowest BCUT2D eigenvalue weighted by Crippen LogP contribution is -2.48. The molecule has 1 aliphatic heterocycles. The van der Waals surface area contributed by atoms with E-state index in [1.54, 1.807) is 23.5 Å². The maximum atomic E-state index is 13.0. The molecule has 0 N–H and O–H groups in total. The van der Waals surface area contributed by atoms with Gasteiger partial charge in [0.05, 0.1) is 15.7 Å². The predicted octanol–water partition coefficient (Wildman–Crippen LogP) is 5.24. The van der Waals surface area contributed by atoms with Crippen LogP contribution in [-0.2, 0) is 10.0 Å². The van der Waals surface area contributed by atoms with E-state index in [1.165, 1.54) is 21.5 Å². The second kappa shape index (κ2) is 8.48. The number of anilines is 1. The topological polar surface area (TPSA) is 53.5 Å². The van der Waals surface area contributed by atoms with Gasteiger partial charge in [0.25, 0.3) is 0 Å². The van der Waals surface area contributed by atoms with Crippen LogP contribution in [0.15, 0.2) is 46.7 Å². The Morgan fingerprint density at radius 2 is 1.70 bits per heavy atom. The summed E-state index contributed by atoms with van der Waals surface area (Å²) < 4.78 is 27.5. The number of rotatable bonds is 4. The molecular weight excluding hydrogens is 461 g/mol. The fourth-order valence-corrected chi connectivity index (χ4v) is 6.54. The van der Waals surface area contributed by atoms with Crippen molar-refractivity contribution in [3.8, 4) is 11.3 Å². The monoisotopic (exact) mass is 481 g/mol. The Balaban J connectivity index is 1.50. The van der Waals surface area contributed by atoms with Gasteiger partial charge in [-0.05, 0) is 37.1 Å². The molecule has 30 heavy (non-hydrogen) atoms. The highest BCUT2D eigenvalue weighted by atomic mass is 35.5. The molecule has 0 radical (unpaired) electrons. The molecule has 0 atom stereocenters. The molecule has 0 amide bonds. The first-order valence-electron chi connectivity index (χ1n) is 9.50. The third-order valence-electron chi connectivity index (χ3n) is 5.42. The first kappa shape index (κ1) is 21.6. The van der Waals surface area contributed by atoms with E-state index >= 15 is 0 Å². The van der Waals surface area contributed by atoms with Crippen LogP contribution in [0, 0.1) is 13.8 Å². The van der Waals surface area contributed by atoms with E-state index in [9.17, 15) is 8.42 Å². The van der Waals surface area contributed by atoms with Gasteiger partial charge >= 0.3 is 0 Å². The van der Waals surface area contributed by atoms with Crippen LogP contribution in [-0.4, -0.2) is 43.9 Å². The zero-order chi connectivity index (χ0) is 21.5. The average Bonchev–Trinajstić information content (AvgIpc) is 3.22. The van der Waals surface area contributed by atoms with E-state index in [0.29, 0.717) is 26.2 Å². The van der Waals surface area contributed by atoms with Crippen molar-refractivity contribution in [2.45, 2.75) is 18.7 Å². The number of aryl methyl sites for hydroxylation is 1. The zero-order valence-corrected chi connectivity index (χ0v) is 19.7. The summed E-state index contributed by atoms with van der Waals surface area (Å²) in [6, 6.07) is 10.9. The van der Waals surface area contributed by atoms with E-state index in [4.69, 9.17) is 28.2 Å². The van der Waals surface area contributed by atoms with Crippen LogP contribution in [0.1, 0.15) is 11.1 Å². The van der Waals surface area contributed by atoms with Crippen molar-refractivity contribution >= 4 is 49.7 Å². The molecule has 2 aromatic carbocycles. The van der Waals surface area contributed by atoms with E-state index in [1.807, 2.05) is 6.07 Å². The summed E-state index contributed by atoms with van der Waals surface area (Å²) >= 11 is 13.7. The van der Waals surface area contributed by atoms with Crippen molar-refractivity contribution in [1.82, 2.24) is 9.29 Å². The number of sulfonamides is 1. The number of thiazole rings is 1. The third kappa shape index (κ3) is 3.97. The molecule has 0 aliphatic carbocycles. The second-order valence-electron chi connectivity index (χ2n) is 7.21. The van der Waals surface area contributed by atoms with Gasteiger partial charge in [-0.1, -0.05) is 47.5 Å². The molecule has 9 heteroatoms. The Bertz CT molecular complexity index is 1190. The van der Waals surface area contributed by atoms with Crippen molar-refractivity contribution in [2.24, 2.45) is 0 Å². The lowest BCUT2D eigenvalue weighted by Gasteiger charge is -2.34. The van der Waals surface area contributed by atoms with Gasteiger partial charge in [0.2, 0.25) is 10.0 Å². The van der Waals surface area contributed by atoms with Gasteiger partial charge in [0.1, 0.15) is 4.90 Å². The van der Waals surface area contributed by atoms with E-state index in [0.717, 1.165) is 16.4 Å². The maximum absolute atomic E-state index is 13.0. The van der Waals surface area contributed by atoms with Gasteiger partial charge in [0.15, 0.2) is 5.13 Å². The summed E-state index contributed by atoms with van der Waals surface area (Å²) in [4.78, 5) is 7.00. The summed E-state index contributed by atoms with van der Waals surface area (Å²) in [6.07, 6.45) is 0. The lowest BCUT2D eigenvalue weighted by molar-refractivity contribution is 0.385. The molecule has 3 aromatic rings. The van der Waals surface area contributed by atoms with Crippen molar-refractivity contribution in [3.05, 3.63) is 63.0 Å². The van der Waals surface area contributed by atoms with Gasteiger partial charge in [-0.2, -0.15) is 4.31 Å². The lowest BCUT2D eigenvalue weighted by atomic mass is 10.0. The van der Waals surface area contributed by atoms with Crippen LogP contribution in [0.3, 0.4) is 0 Å². The number of halogens is 2. The van der Waals surface area contributed by atoms with Crippen LogP contribution in [0.5, 0.6) is 0 Å². The van der Waals surface area contributed by atoms with Crippen molar-refractivity contribution in [1.29, 1.82) is 0 Å². The minimum atomic E-state index is -3.70. The molecule has 1 saturated heterocycles. The maximum Gasteiger partial charge on any atom is 0.244 e. The summed E-state index contributed by atoms with van der Waals surface area (Å²) in [7, 11) is -3.70. The van der Waals surface area contributed by atoms with Crippen LogP contribution >= 0.6 is 34.5 Å². The number of hydrogen-bond donors (Lipinski definition) is 0. The van der Waals surface area contributed by atoms with Crippen LogP contribution in [0.25, 0.3) is 11.3 Å². The molecule has 2 heterocycles. The Labute approximate surface area is 190 Å². The SMILES string of the molecule is Cc1cccc(-c2csc(N3CCN(S(=O)(=O)c4cccc(Cl)c4Cl)CC3)n2)c1C. The second-order valence-corrected chi connectivity index (χ2v) is 10.7. The van der Waals surface area contributed by atoms with Crippen LogP contribution in [0.4, 0.5) is 5.13 Å². The fourth-order valence-electron chi connectivity index (χ4n) is 3.50. The van der Waals surface area contributed by atoms with E-state index < -0.39 is 10.0 Å². The van der Waals surface area contributed by atoms with Gasteiger partial charge in [-0.3, -0.25) is 0 Å². The standard InChI is InChI=1S/C21H21Cl2N3O2S2/c1-14-5-3-6-16(15(14)2)18-13-29-21(24-18)25-9-11-26(12-10-25)30(27,28)19-8-4-7-17(22)20(19)23/h3-8,13H,9-12H2,1-2H3. The van der Waals surface area contributed by atoms with Crippen molar-refractivity contribution < 1.29 is 8.42 Å². The minimum absolute atomic E-state index is 0.0524. The number of aromatic nitrogens is 1. The summed E-state index contributed by atoms with van der Waals surface area (Å²) in [5, 5.41) is 3.27. The predicted molar refractivity (Wildman–Crippen MR) is 124 cm³/mol.